The number of anilines is 3. The van der Waals surface area contributed by atoms with Gasteiger partial charge in [0.1, 0.15) is 5.82 Å². The van der Waals surface area contributed by atoms with Gasteiger partial charge in [0, 0.05) is 23.5 Å². The monoisotopic (exact) mass is 270 g/mol. The van der Waals surface area contributed by atoms with Gasteiger partial charge in [0.2, 0.25) is 5.95 Å². The molecule has 0 saturated carbocycles. The van der Waals surface area contributed by atoms with Gasteiger partial charge in [0.15, 0.2) is 0 Å². The molecule has 20 heavy (non-hydrogen) atoms. The van der Waals surface area contributed by atoms with Crippen molar-refractivity contribution in [3.05, 3.63) is 41.1 Å². The van der Waals surface area contributed by atoms with Crippen LogP contribution in [0.15, 0.2) is 24.3 Å². The molecular weight excluding hydrogens is 248 g/mol. The predicted octanol–water partition coefficient (Wildman–Crippen LogP) is 3.97. The SMILES string of the molecule is Cc1ccc(Nc2cc(C)nc(NC(C)C)n2)c(C)c1. The molecule has 0 atom stereocenters. The first kappa shape index (κ1) is 14.3. The summed E-state index contributed by atoms with van der Waals surface area (Å²) in [6.07, 6.45) is 0. The average molecular weight is 270 g/mol. The van der Waals surface area contributed by atoms with Crippen LogP contribution in [0.3, 0.4) is 0 Å². The largest absolute Gasteiger partial charge is 0.352 e. The van der Waals surface area contributed by atoms with Crippen LogP contribution in [0.25, 0.3) is 0 Å². The Balaban J connectivity index is 2.26. The molecule has 2 N–H and O–H groups in total. The van der Waals surface area contributed by atoms with E-state index in [1.165, 1.54) is 11.1 Å². The van der Waals surface area contributed by atoms with Gasteiger partial charge < -0.3 is 10.6 Å². The number of rotatable bonds is 4. The summed E-state index contributed by atoms with van der Waals surface area (Å²) in [5, 5.41) is 6.60. The van der Waals surface area contributed by atoms with Crippen molar-refractivity contribution >= 4 is 17.5 Å². The molecule has 0 saturated heterocycles. The minimum absolute atomic E-state index is 0.311. The highest BCUT2D eigenvalue weighted by molar-refractivity contribution is 5.61. The van der Waals surface area contributed by atoms with Crippen LogP contribution in [-0.4, -0.2) is 16.0 Å². The van der Waals surface area contributed by atoms with Gasteiger partial charge in [-0.3, -0.25) is 0 Å². The van der Waals surface area contributed by atoms with Crippen molar-refractivity contribution in [3.8, 4) is 0 Å². The third-order valence-corrected chi connectivity index (χ3v) is 2.92. The molecular formula is C16H22N4. The Kier molecular flexibility index (Phi) is 4.23. The van der Waals surface area contributed by atoms with Gasteiger partial charge in [-0.15, -0.1) is 0 Å². The lowest BCUT2D eigenvalue weighted by atomic mass is 10.1. The molecule has 2 rings (SSSR count). The minimum atomic E-state index is 0.311. The maximum absolute atomic E-state index is 4.50. The summed E-state index contributed by atoms with van der Waals surface area (Å²) in [7, 11) is 0. The zero-order valence-corrected chi connectivity index (χ0v) is 12.8. The van der Waals surface area contributed by atoms with Crippen molar-refractivity contribution in [2.45, 2.75) is 40.7 Å². The molecule has 4 heteroatoms. The van der Waals surface area contributed by atoms with E-state index in [1.807, 2.05) is 13.0 Å². The lowest BCUT2D eigenvalue weighted by Gasteiger charge is -2.13. The molecule has 4 nitrogen and oxygen atoms in total. The van der Waals surface area contributed by atoms with E-state index < -0.39 is 0 Å². The lowest BCUT2D eigenvalue weighted by molar-refractivity contribution is 0.871. The quantitative estimate of drug-likeness (QED) is 0.882. The molecule has 1 aromatic carbocycles. The second-order valence-corrected chi connectivity index (χ2v) is 5.46. The molecule has 0 fully saturated rings. The number of nitrogens with one attached hydrogen (secondary N) is 2. The number of aromatic nitrogens is 2. The molecule has 0 bridgehead atoms. The highest BCUT2D eigenvalue weighted by Gasteiger charge is 2.05. The van der Waals surface area contributed by atoms with E-state index in [4.69, 9.17) is 0 Å². The van der Waals surface area contributed by atoms with Gasteiger partial charge in [-0.05, 0) is 46.2 Å². The van der Waals surface area contributed by atoms with Gasteiger partial charge >= 0.3 is 0 Å². The van der Waals surface area contributed by atoms with Crippen molar-refractivity contribution < 1.29 is 0 Å². The van der Waals surface area contributed by atoms with Crippen LogP contribution in [0, 0.1) is 20.8 Å². The Morgan fingerprint density at radius 3 is 2.40 bits per heavy atom. The van der Waals surface area contributed by atoms with E-state index in [0.717, 1.165) is 17.2 Å². The maximum atomic E-state index is 4.50. The molecule has 2 aromatic rings. The fourth-order valence-corrected chi connectivity index (χ4v) is 2.05. The first-order chi connectivity index (χ1) is 9.44. The minimum Gasteiger partial charge on any atom is -0.352 e. The Labute approximate surface area is 120 Å². The molecule has 0 aliphatic heterocycles. The van der Waals surface area contributed by atoms with Crippen LogP contribution < -0.4 is 10.6 Å². The standard InChI is InChI=1S/C16H22N4/c1-10(2)17-16-18-13(5)9-15(20-16)19-14-7-6-11(3)8-12(14)4/h6-10H,1-5H3,(H2,17,18,19,20). The Hall–Kier alpha value is -2.10. The molecule has 0 radical (unpaired) electrons. The molecule has 0 spiro atoms. The highest BCUT2D eigenvalue weighted by Crippen LogP contribution is 2.21. The summed E-state index contributed by atoms with van der Waals surface area (Å²) < 4.78 is 0. The van der Waals surface area contributed by atoms with E-state index in [2.05, 4.69) is 66.5 Å². The Morgan fingerprint density at radius 2 is 1.75 bits per heavy atom. The van der Waals surface area contributed by atoms with Crippen LogP contribution >= 0.6 is 0 Å². The molecule has 1 aromatic heterocycles. The highest BCUT2D eigenvalue weighted by atomic mass is 15.1. The number of hydrogen-bond acceptors (Lipinski definition) is 4. The first-order valence-corrected chi connectivity index (χ1v) is 6.90. The average Bonchev–Trinajstić information content (AvgIpc) is 2.31. The third-order valence-electron chi connectivity index (χ3n) is 2.92. The molecule has 0 unspecified atom stereocenters. The normalized spacial score (nSPS) is 10.7. The second kappa shape index (κ2) is 5.90. The van der Waals surface area contributed by atoms with E-state index in [9.17, 15) is 0 Å². The fourth-order valence-electron chi connectivity index (χ4n) is 2.05. The number of benzene rings is 1. The van der Waals surface area contributed by atoms with E-state index in [1.54, 1.807) is 0 Å². The van der Waals surface area contributed by atoms with Crippen molar-refractivity contribution in [3.63, 3.8) is 0 Å². The van der Waals surface area contributed by atoms with Crippen molar-refractivity contribution in [2.75, 3.05) is 10.6 Å². The summed E-state index contributed by atoms with van der Waals surface area (Å²) in [5.41, 5.74) is 4.48. The third kappa shape index (κ3) is 3.70. The molecule has 0 aliphatic rings. The molecule has 0 aliphatic carbocycles. The molecule has 106 valence electrons. The van der Waals surface area contributed by atoms with Crippen molar-refractivity contribution in [1.82, 2.24) is 9.97 Å². The van der Waals surface area contributed by atoms with Gasteiger partial charge in [-0.25, -0.2) is 4.98 Å². The molecule has 0 amide bonds. The second-order valence-electron chi connectivity index (χ2n) is 5.46. The lowest BCUT2D eigenvalue weighted by Crippen LogP contribution is -2.13. The summed E-state index contributed by atoms with van der Waals surface area (Å²) in [6, 6.07) is 8.59. The van der Waals surface area contributed by atoms with E-state index in [-0.39, 0.29) is 0 Å². The van der Waals surface area contributed by atoms with Crippen molar-refractivity contribution in [1.29, 1.82) is 0 Å². The van der Waals surface area contributed by atoms with Gasteiger partial charge in [-0.1, -0.05) is 17.7 Å². The van der Waals surface area contributed by atoms with Gasteiger partial charge in [0.25, 0.3) is 0 Å². The van der Waals surface area contributed by atoms with Gasteiger partial charge in [-0.2, -0.15) is 4.98 Å². The van der Waals surface area contributed by atoms with Crippen LogP contribution in [0.5, 0.6) is 0 Å². The van der Waals surface area contributed by atoms with Crippen LogP contribution in [0.2, 0.25) is 0 Å². The number of aryl methyl sites for hydroxylation is 3. The zero-order valence-electron chi connectivity index (χ0n) is 12.8. The smallest absolute Gasteiger partial charge is 0.225 e. The van der Waals surface area contributed by atoms with E-state index in [0.29, 0.717) is 12.0 Å². The predicted molar refractivity (Wildman–Crippen MR) is 84.7 cm³/mol. The number of hydrogen-bond donors (Lipinski definition) is 2. The zero-order chi connectivity index (χ0) is 14.7. The van der Waals surface area contributed by atoms with Crippen LogP contribution in [0.1, 0.15) is 30.7 Å². The summed E-state index contributed by atoms with van der Waals surface area (Å²) >= 11 is 0. The topological polar surface area (TPSA) is 49.8 Å². The first-order valence-electron chi connectivity index (χ1n) is 6.90. The summed E-state index contributed by atoms with van der Waals surface area (Å²) in [4.78, 5) is 8.89. The van der Waals surface area contributed by atoms with Crippen molar-refractivity contribution in [2.24, 2.45) is 0 Å². The van der Waals surface area contributed by atoms with Crippen LogP contribution in [-0.2, 0) is 0 Å². The summed E-state index contributed by atoms with van der Waals surface area (Å²) in [6.45, 7) is 10.3. The van der Waals surface area contributed by atoms with Gasteiger partial charge in [0.05, 0.1) is 0 Å². The fraction of sp³-hybridized carbons (Fsp3) is 0.375. The maximum Gasteiger partial charge on any atom is 0.225 e. The van der Waals surface area contributed by atoms with Crippen LogP contribution in [0.4, 0.5) is 17.5 Å². The Morgan fingerprint density at radius 1 is 1.00 bits per heavy atom. The van der Waals surface area contributed by atoms with E-state index >= 15 is 0 Å². The Bertz CT molecular complexity index is 605. The molecule has 1 heterocycles. The summed E-state index contributed by atoms with van der Waals surface area (Å²) in [5.74, 6) is 1.47. The number of nitrogens with zero attached hydrogens (tertiary/aromatic N) is 2.